The molecule has 0 unspecified atom stereocenters. The smallest absolute Gasteiger partial charge is 0.416 e. The number of anilines is 2. The van der Waals surface area contributed by atoms with E-state index in [0.29, 0.717) is 38.5 Å². The average Bonchev–Trinajstić information content (AvgIpc) is 3.04. The van der Waals surface area contributed by atoms with E-state index in [-0.39, 0.29) is 36.6 Å². The zero-order valence-electron chi connectivity index (χ0n) is 26.1. The van der Waals surface area contributed by atoms with Crippen molar-refractivity contribution in [3.05, 3.63) is 82.2 Å². The maximum absolute atomic E-state index is 13.8. The third-order valence-corrected chi connectivity index (χ3v) is 8.48. The summed E-state index contributed by atoms with van der Waals surface area (Å²) in [6.07, 6.45) is -3.30. The monoisotopic (exact) mass is 648 g/mol. The van der Waals surface area contributed by atoms with Crippen LogP contribution in [0.5, 0.6) is 5.75 Å². The molecule has 6 nitrogen and oxygen atoms in total. The van der Waals surface area contributed by atoms with E-state index in [1.807, 2.05) is 12.1 Å². The minimum Gasteiger partial charge on any atom is -0.496 e. The number of rotatable bonds is 9. The van der Waals surface area contributed by atoms with Crippen LogP contribution >= 0.6 is 0 Å². The topological polar surface area (TPSA) is 50.7 Å². The van der Waals surface area contributed by atoms with Gasteiger partial charge in [-0.05, 0) is 84.2 Å². The van der Waals surface area contributed by atoms with Gasteiger partial charge in [0.25, 0.3) is 0 Å². The number of methoxy groups -OCH3 is 1. The zero-order chi connectivity index (χ0) is 33.1. The molecule has 248 valence electrons. The Morgan fingerprint density at radius 1 is 0.870 bits per heavy atom. The molecule has 5 rings (SSSR count). The van der Waals surface area contributed by atoms with Crippen LogP contribution in [0.15, 0.2) is 54.4 Å². The predicted octanol–water partition coefficient (Wildman–Crippen LogP) is 8.52. The summed E-state index contributed by atoms with van der Waals surface area (Å²) in [4.78, 5) is 12.9. The second kappa shape index (κ2) is 13.9. The van der Waals surface area contributed by atoms with Crippen LogP contribution in [0.3, 0.4) is 0 Å². The van der Waals surface area contributed by atoms with E-state index in [1.54, 1.807) is 24.4 Å². The number of hydrogen-bond donors (Lipinski definition) is 0. The predicted molar refractivity (Wildman–Crippen MR) is 165 cm³/mol. The molecule has 0 spiro atoms. The van der Waals surface area contributed by atoms with Gasteiger partial charge in [0.2, 0.25) is 5.95 Å². The molecule has 0 saturated carbocycles. The first-order chi connectivity index (χ1) is 21.8. The second-order valence-corrected chi connectivity index (χ2v) is 12.0. The molecule has 0 radical (unpaired) electrons. The van der Waals surface area contributed by atoms with Crippen molar-refractivity contribution in [3.8, 4) is 5.75 Å². The lowest BCUT2D eigenvalue weighted by Crippen LogP contribution is -2.36. The molecule has 46 heavy (non-hydrogen) atoms. The van der Waals surface area contributed by atoms with E-state index in [9.17, 15) is 26.3 Å². The molecule has 1 saturated heterocycles. The molecule has 1 aliphatic carbocycles. The number of allylic oxidation sites excluding steroid dienone is 1. The fraction of sp³-hybridized carbons (Fsp3) is 0.471. The molecule has 0 bridgehead atoms. The van der Waals surface area contributed by atoms with Gasteiger partial charge in [0, 0.05) is 31.7 Å². The minimum absolute atomic E-state index is 0.139. The van der Waals surface area contributed by atoms with E-state index in [1.165, 1.54) is 0 Å². The Labute approximate surface area is 265 Å². The van der Waals surface area contributed by atoms with Crippen molar-refractivity contribution in [1.29, 1.82) is 0 Å². The second-order valence-electron chi connectivity index (χ2n) is 12.0. The van der Waals surface area contributed by atoms with E-state index < -0.39 is 23.5 Å². The highest BCUT2D eigenvalue weighted by Crippen LogP contribution is 2.40. The number of alkyl halides is 6. The van der Waals surface area contributed by atoms with Crippen LogP contribution in [0.25, 0.3) is 5.57 Å². The molecule has 3 aromatic rings. The first kappa shape index (κ1) is 33.6. The van der Waals surface area contributed by atoms with Gasteiger partial charge in [0.15, 0.2) is 0 Å². The Bertz CT molecular complexity index is 1500. The normalized spacial score (nSPS) is 16.3. The highest BCUT2D eigenvalue weighted by atomic mass is 19.4. The summed E-state index contributed by atoms with van der Waals surface area (Å²) in [5, 5.41) is 0. The van der Waals surface area contributed by atoms with Crippen LogP contribution in [0.4, 0.5) is 38.0 Å². The number of benzene rings is 2. The van der Waals surface area contributed by atoms with E-state index >= 15 is 0 Å². The van der Waals surface area contributed by atoms with Crippen LogP contribution in [-0.4, -0.2) is 49.9 Å². The number of ether oxygens (including phenoxy) is 2. The van der Waals surface area contributed by atoms with Gasteiger partial charge in [0.1, 0.15) is 5.75 Å². The summed E-state index contributed by atoms with van der Waals surface area (Å²) in [6, 6.07) is 7.78. The molecule has 0 amide bonds. The number of nitrogens with zero attached hydrogens (tertiary/aromatic N) is 4. The van der Waals surface area contributed by atoms with Gasteiger partial charge in [-0.25, -0.2) is 9.97 Å². The van der Waals surface area contributed by atoms with Crippen molar-refractivity contribution in [3.63, 3.8) is 0 Å². The third-order valence-electron chi connectivity index (χ3n) is 8.48. The van der Waals surface area contributed by atoms with Crippen LogP contribution in [-0.2, 0) is 23.6 Å². The van der Waals surface area contributed by atoms with Gasteiger partial charge in [-0.3, -0.25) is 0 Å². The largest absolute Gasteiger partial charge is 0.496 e. The van der Waals surface area contributed by atoms with Crippen LogP contribution < -0.4 is 14.5 Å². The Balaban J connectivity index is 1.58. The average molecular weight is 649 g/mol. The lowest BCUT2D eigenvalue weighted by Gasteiger charge is -2.30. The maximum Gasteiger partial charge on any atom is 0.416 e. The van der Waals surface area contributed by atoms with E-state index in [0.717, 1.165) is 59.4 Å². The van der Waals surface area contributed by atoms with Crippen LogP contribution in [0.1, 0.15) is 73.3 Å². The molecule has 0 atom stereocenters. The number of aromatic nitrogens is 2. The zero-order valence-corrected chi connectivity index (χ0v) is 26.1. The first-order valence-electron chi connectivity index (χ1n) is 15.4. The van der Waals surface area contributed by atoms with Gasteiger partial charge >= 0.3 is 12.4 Å². The van der Waals surface area contributed by atoms with Gasteiger partial charge < -0.3 is 19.3 Å². The van der Waals surface area contributed by atoms with Crippen LogP contribution in [0.2, 0.25) is 0 Å². The van der Waals surface area contributed by atoms with E-state index in [4.69, 9.17) is 9.47 Å². The first-order valence-corrected chi connectivity index (χ1v) is 15.4. The summed E-state index contributed by atoms with van der Waals surface area (Å²) in [5.41, 5.74) is 2.09. The Hall–Kier alpha value is -3.80. The summed E-state index contributed by atoms with van der Waals surface area (Å²) in [5.74, 6) is 1.20. The van der Waals surface area contributed by atoms with Crippen molar-refractivity contribution in [1.82, 2.24) is 9.97 Å². The van der Waals surface area contributed by atoms with Crippen molar-refractivity contribution in [2.24, 2.45) is 0 Å². The number of hydrogen-bond acceptors (Lipinski definition) is 6. The molecule has 1 aliphatic heterocycles. The fourth-order valence-electron chi connectivity index (χ4n) is 6.01. The molecular formula is C34H38F6N4O2. The summed E-state index contributed by atoms with van der Waals surface area (Å²) < 4.78 is 93.7. The molecule has 2 aromatic carbocycles. The molecule has 0 N–H and O–H groups in total. The van der Waals surface area contributed by atoms with Gasteiger partial charge in [-0.2, -0.15) is 26.3 Å². The van der Waals surface area contributed by atoms with Gasteiger partial charge in [0.05, 0.1) is 49.5 Å². The lowest BCUT2D eigenvalue weighted by atomic mass is 9.85. The summed E-state index contributed by atoms with van der Waals surface area (Å²) in [6.45, 7) is 6.60. The van der Waals surface area contributed by atoms with Crippen molar-refractivity contribution < 1.29 is 35.8 Å². The molecular weight excluding hydrogens is 610 g/mol. The number of halogens is 6. The SMILES string of the molecule is COc1ccc(C(C)C)cc1C1=C(CN(Cc2cc(C(F)(F)F)cc(C(F)(F)F)c2)c2ncc(N3CCOCC3)cn2)CCCC1. The Morgan fingerprint density at radius 3 is 2.09 bits per heavy atom. The summed E-state index contributed by atoms with van der Waals surface area (Å²) in [7, 11) is 1.61. The highest BCUT2D eigenvalue weighted by Gasteiger charge is 2.37. The third kappa shape index (κ3) is 7.94. The molecule has 2 heterocycles. The molecule has 12 heteroatoms. The molecule has 1 fully saturated rings. The van der Waals surface area contributed by atoms with Crippen molar-refractivity contribution in [2.45, 2.75) is 64.3 Å². The molecule has 2 aliphatic rings. The van der Waals surface area contributed by atoms with E-state index in [2.05, 4.69) is 34.8 Å². The standard InChI is InChI=1S/C34H38F6N4O2/c1-22(2)24-8-9-31(45-3)30(16-24)29-7-5-4-6-25(29)21-44(32-41-18-28(19-42-32)43-10-12-46-13-11-43)20-23-14-26(33(35,36)37)17-27(15-23)34(38,39)40/h8-9,14-19,22H,4-7,10-13,20-21H2,1-3H3. The Morgan fingerprint density at radius 2 is 1.50 bits per heavy atom. The highest BCUT2D eigenvalue weighted by molar-refractivity contribution is 5.75. The van der Waals surface area contributed by atoms with Crippen molar-refractivity contribution >= 4 is 17.2 Å². The summed E-state index contributed by atoms with van der Waals surface area (Å²) >= 11 is 0. The lowest BCUT2D eigenvalue weighted by molar-refractivity contribution is -0.143. The number of morpholine rings is 1. The quantitative estimate of drug-likeness (QED) is 0.217. The molecule has 1 aromatic heterocycles. The van der Waals surface area contributed by atoms with Crippen molar-refractivity contribution in [2.75, 3.05) is 49.8 Å². The van der Waals surface area contributed by atoms with Gasteiger partial charge in [-0.15, -0.1) is 0 Å². The fourth-order valence-corrected chi connectivity index (χ4v) is 6.01. The Kier molecular flexibility index (Phi) is 10.1. The maximum atomic E-state index is 13.8. The van der Waals surface area contributed by atoms with Crippen LogP contribution in [0, 0.1) is 0 Å². The van der Waals surface area contributed by atoms with Gasteiger partial charge in [-0.1, -0.05) is 19.9 Å². The minimum atomic E-state index is -4.95.